The van der Waals surface area contributed by atoms with E-state index in [1.54, 1.807) is 0 Å². The van der Waals surface area contributed by atoms with E-state index in [0.29, 0.717) is 5.56 Å². The van der Waals surface area contributed by atoms with Gasteiger partial charge in [-0.25, -0.2) is 4.98 Å². The standard InChI is InChI=1S/C23H17BrN2O/c1-15-8-7-11-17-18(23(27)26-20-13-6-5-12-19(20)24)14-21(25-22(15)17)16-9-3-2-4-10-16/h2-14H,1H3,(H,26,27). The molecule has 0 saturated carbocycles. The normalized spacial score (nSPS) is 10.7. The molecule has 0 spiro atoms. The van der Waals surface area contributed by atoms with E-state index < -0.39 is 0 Å². The van der Waals surface area contributed by atoms with E-state index in [4.69, 9.17) is 4.98 Å². The number of halogens is 1. The summed E-state index contributed by atoms with van der Waals surface area (Å²) in [6.07, 6.45) is 0. The van der Waals surface area contributed by atoms with Crippen LogP contribution in [-0.2, 0) is 0 Å². The maximum atomic E-state index is 13.1. The summed E-state index contributed by atoms with van der Waals surface area (Å²) >= 11 is 3.48. The van der Waals surface area contributed by atoms with Crippen LogP contribution in [0.25, 0.3) is 22.2 Å². The first-order valence-electron chi connectivity index (χ1n) is 8.65. The Morgan fingerprint density at radius 2 is 1.67 bits per heavy atom. The Bertz CT molecular complexity index is 1140. The van der Waals surface area contributed by atoms with Crippen LogP contribution >= 0.6 is 15.9 Å². The molecular weight excluding hydrogens is 400 g/mol. The fraction of sp³-hybridized carbons (Fsp3) is 0.0435. The summed E-state index contributed by atoms with van der Waals surface area (Å²) in [5.41, 5.74) is 5.00. The Hall–Kier alpha value is -2.98. The summed E-state index contributed by atoms with van der Waals surface area (Å²) in [5.74, 6) is -0.155. The predicted octanol–water partition coefficient (Wildman–Crippen LogP) is 6.23. The average Bonchev–Trinajstić information content (AvgIpc) is 2.70. The van der Waals surface area contributed by atoms with Crippen molar-refractivity contribution < 1.29 is 4.79 Å². The van der Waals surface area contributed by atoms with Crippen LogP contribution in [0.4, 0.5) is 5.69 Å². The number of nitrogens with zero attached hydrogens (tertiary/aromatic N) is 1. The van der Waals surface area contributed by atoms with Crippen LogP contribution in [0.1, 0.15) is 15.9 Å². The molecule has 27 heavy (non-hydrogen) atoms. The van der Waals surface area contributed by atoms with Crippen LogP contribution in [-0.4, -0.2) is 10.9 Å². The first kappa shape index (κ1) is 17.4. The van der Waals surface area contributed by atoms with Crippen LogP contribution in [0.2, 0.25) is 0 Å². The zero-order chi connectivity index (χ0) is 18.8. The summed E-state index contributed by atoms with van der Waals surface area (Å²) in [6, 6.07) is 25.3. The number of hydrogen-bond acceptors (Lipinski definition) is 2. The molecule has 0 unspecified atom stereocenters. The van der Waals surface area contributed by atoms with Gasteiger partial charge in [-0.1, -0.05) is 60.7 Å². The van der Waals surface area contributed by atoms with Crippen LogP contribution in [0.3, 0.4) is 0 Å². The molecule has 3 aromatic carbocycles. The van der Waals surface area contributed by atoms with Gasteiger partial charge in [0, 0.05) is 15.4 Å². The molecule has 0 saturated heterocycles. The van der Waals surface area contributed by atoms with E-state index in [9.17, 15) is 4.79 Å². The highest BCUT2D eigenvalue weighted by molar-refractivity contribution is 9.10. The number of pyridine rings is 1. The largest absolute Gasteiger partial charge is 0.321 e. The summed E-state index contributed by atoms with van der Waals surface area (Å²) in [6.45, 7) is 2.01. The molecule has 4 heteroatoms. The lowest BCUT2D eigenvalue weighted by Gasteiger charge is -2.12. The van der Waals surface area contributed by atoms with Crippen molar-refractivity contribution in [2.45, 2.75) is 6.92 Å². The number of aromatic nitrogens is 1. The molecule has 0 aliphatic carbocycles. The minimum absolute atomic E-state index is 0.155. The lowest BCUT2D eigenvalue weighted by molar-refractivity contribution is 0.102. The number of carbonyl (C=O) groups excluding carboxylic acids is 1. The topological polar surface area (TPSA) is 42.0 Å². The zero-order valence-electron chi connectivity index (χ0n) is 14.7. The van der Waals surface area contributed by atoms with Gasteiger partial charge in [-0.15, -0.1) is 0 Å². The van der Waals surface area contributed by atoms with Gasteiger partial charge < -0.3 is 5.32 Å². The Labute approximate surface area is 166 Å². The number of nitrogens with one attached hydrogen (secondary N) is 1. The smallest absolute Gasteiger partial charge is 0.256 e. The minimum atomic E-state index is -0.155. The van der Waals surface area contributed by atoms with Gasteiger partial charge in [0.1, 0.15) is 0 Å². The van der Waals surface area contributed by atoms with Gasteiger partial charge in [-0.3, -0.25) is 4.79 Å². The molecule has 132 valence electrons. The first-order valence-corrected chi connectivity index (χ1v) is 9.44. The van der Waals surface area contributed by atoms with Crippen molar-refractivity contribution in [2.24, 2.45) is 0 Å². The highest BCUT2D eigenvalue weighted by Gasteiger charge is 2.16. The maximum absolute atomic E-state index is 13.1. The second kappa shape index (κ2) is 7.33. The van der Waals surface area contributed by atoms with Gasteiger partial charge in [-0.2, -0.15) is 0 Å². The third-order valence-electron chi connectivity index (χ3n) is 4.48. The Morgan fingerprint density at radius 3 is 2.44 bits per heavy atom. The van der Waals surface area contributed by atoms with E-state index in [1.807, 2.05) is 85.8 Å². The summed E-state index contributed by atoms with van der Waals surface area (Å²) in [4.78, 5) is 17.9. The van der Waals surface area contributed by atoms with Crippen LogP contribution in [0.5, 0.6) is 0 Å². The van der Waals surface area contributed by atoms with Crippen molar-refractivity contribution >= 4 is 38.4 Å². The van der Waals surface area contributed by atoms with Gasteiger partial charge in [0.15, 0.2) is 0 Å². The van der Waals surface area contributed by atoms with E-state index in [1.165, 1.54) is 0 Å². The highest BCUT2D eigenvalue weighted by Crippen LogP contribution is 2.28. The number of anilines is 1. The second-order valence-corrected chi connectivity index (χ2v) is 7.18. The van der Waals surface area contributed by atoms with Crippen LogP contribution in [0.15, 0.2) is 83.3 Å². The third kappa shape index (κ3) is 3.49. The molecule has 0 fully saturated rings. The summed E-state index contributed by atoms with van der Waals surface area (Å²) in [5, 5.41) is 3.85. The molecule has 4 aromatic rings. The Morgan fingerprint density at radius 1 is 0.926 bits per heavy atom. The molecule has 4 rings (SSSR count). The van der Waals surface area contributed by atoms with Crippen molar-refractivity contribution in [1.29, 1.82) is 0 Å². The van der Waals surface area contributed by atoms with E-state index in [2.05, 4.69) is 21.2 Å². The number of aryl methyl sites for hydroxylation is 1. The van der Waals surface area contributed by atoms with Gasteiger partial charge in [-0.05, 0) is 46.6 Å². The molecule has 3 nitrogen and oxygen atoms in total. The molecule has 0 aliphatic rings. The molecule has 0 aliphatic heterocycles. The number of benzene rings is 3. The number of hydrogen-bond donors (Lipinski definition) is 1. The van der Waals surface area contributed by atoms with Crippen molar-refractivity contribution in [1.82, 2.24) is 4.98 Å². The molecular formula is C23H17BrN2O. The van der Waals surface area contributed by atoms with Gasteiger partial charge >= 0.3 is 0 Å². The monoisotopic (exact) mass is 416 g/mol. The molecule has 1 amide bonds. The number of rotatable bonds is 3. The molecule has 1 N–H and O–H groups in total. The van der Waals surface area contributed by atoms with Crippen LogP contribution in [0, 0.1) is 6.92 Å². The molecule has 1 aromatic heterocycles. The van der Waals surface area contributed by atoms with Crippen molar-refractivity contribution in [2.75, 3.05) is 5.32 Å². The van der Waals surface area contributed by atoms with Crippen LogP contribution < -0.4 is 5.32 Å². The van der Waals surface area contributed by atoms with E-state index >= 15 is 0 Å². The highest BCUT2D eigenvalue weighted by atomic mass is 79.9. The fourth-order valence-corrected chi connectivity index (χ4v) is 3.47. The van der Waals surface area contributed by atoms with Crippen molar-refractivity contribution in [3.63, 3.8) is 0 Å². The molecule has 0 radical (unpaired) electrons. The fourth-order valence-electron chi connectivity index (χ4n) is 3.09. The molecule has 0 bridgehead atoms. The lowest BCUT2D eigenvalue weighted by atomic mass is 10.0. The maximum Gasteiger partial charge on any atom is 0.256 e. The Kier molecular flexibility index (Phi) is 4.73. The van der Waals surface area contributed by atoms with Gasteiger partial charge in [0.05, 0.1) is 22.5 Å². The lowest BCUT2D eigenvalue weighted by Crippen LogP contribution is -2.13. The molecule has 0 atom stereocenters. The predicted molar refractivity (Wildman–Crippen MR) is 114 cm³/mol. The number of fused-ring (bicyclic) bond motifs is 1. The SMILES string of the molecule is Cc1cccc2c(C(=O)Nc3ccccc3Br)cc(-c3ccccc3)nc12. The minimum Gasteiger partial charge on any atom is -0.321 e. The molecule has 1 heterocycles. The summed E-state index contributed by atoms with van der Waals surface area (Å²) < 4.78 is 0.844. The number of amides is 1. The third-order valence-corrected chi connectivity index (χ3v) is 5.17. The van der Waals surface area contributed by atoms with E-state index in [-0.39, 0.29) is 5.91 Å². The zero-order valence-corrected chi connectivity index (χ0v) is 16.3. The number of carbonyl (C=O) groups is 1. The van der Waals surface area contributed by atoms with E-state index in [0.717, 1.165) is 37.9 Å². The summed E-state index contributed by atoms with van der Waals surface area (Å²) in [7, 11) is 0. The average molecular weight is 417 g/mol. The Balaban J connectivity index is 1.87. The van der Waals surface area contributed by atoms with Crippen molar-refractivity contribution in [3.8, 4) is 11.3 Å². The quantitative estimate of drug-likeness (QED) is 0.430. The second-order valence-electron chi connectivity index (χ2n) is 6.33. The van der Waals surface area contributed by atoms with Gasteiger partial charge in [0.2, 0.25) is 0 Å². The van der Waals surface area contributed by atoms with Crippen molar-refractivity contribution in [3.05, 3.63) is 94.5 Å². The van der Waals surface area contributed by atoms with Gasteiger partial charge in [0.25, 0.3) is 5.91 Å². The number of para-hydroxylation sites is 2. The first-order chi connectivity index (χ1) is 13.1.